The largest absolute Gasteiger partial charge is 0.463 e. The van der Waals surface area contributed by atoms with Crippen molar-refractivity contribution in [3.8, 4) is 0 Å². The summed E-state index contributed by atoms with van der Waals surface area (Å²) in [5.41, 5.74) is 2.13. The van der Waals surface area contributed by atoms with E-state index in [0.29, 0.717) is 5.92 Å². The Balaban J connectivity index is 0.000000149. The van der Waals surface area contributed by atoms with Gasteiger partial charge in [-0.15, -0.1) is 0 Å². The molecular weight excluding hydrogens is 620 g/mol. The average molecular weight is 685 g/mol. The molecule has 8 heteroatoms. The van der Waals surface area contributed by atoms with Gasteiger partial charge in [-0.1, -0.05) is 31.2 Å². The van der Waals surface area contributed by atoms with Crippen molar-refractivity contribution in [2.45, 2.75) is 168 Å². The Bertz CT molecular complexity index is 1200. The smallest absolute Gasteiger partial charge is 0.303 e. The van der Waals surface area contributed by atoms with Gasteiger partial charge < -0.3 is 18.9 Å². The third-order valence-electron chi connectivity index (χ3n) is 12.2. The van der Waals surface area contributed by atoms with Crippen LogP contribution in [0.25, 0.3) is 0 Å². The fraction of sp³-hybridized carbons (Fsp3) is 0.805. The lowest BCUT2D eigenvalue weighted by Crippen LogP contribution is -2.33. The van der Waals surface area contributed by atoms with Crippen molar-refractivity contribution >= 4 is 23.9 Å². The summed E-state index contributed by atoms with van der Waals surface area (Å²) in [5, 5.41) is 0. The first-order valence-corrected chi connectivity index (χ1v) is 19.1. The van der Waals surface area contributed by atoms with Crippen LogP contribution >= 0.6 is 0 Å². The van der Waals surface area contributed by atoms with E-state index in [1.165, 1.54) is 70.9 Å². The molecular formula is C41H64O8. The highest BCUT2D eigenvalue weighted by atomic mass is 16.6. The molecule has 7 aliphatic rings. The predicted molar refractivity (Wildman–Crippen MR) is 189 cm³/mol. The van der Waals surface area contributed by atoms with Crippen molar-refractivity contribution in [3.63, 3.8) is 0 Å². The van der Waals surface area contributed by atoms with Gasteiger partial charge in [0.1, 0.15) is 23.9 Å². The summed E-state index contributed by atoms with van der Waals surface area (Å²) >= 11 is 0. The Morgan fingerprint density at radius 2 is 1.31 bits per heavy atom. The molecule has 0 saturated heterocycles. The Morgan fingerprint density at radius 3 is 1.88 bits per heavy atom. The minimum absolute atomic E-state index is 0.0969. The van der Waals surface area contributed by atoms with Gasteiger partial charge in [-0.3, -0.25) is 19.2 Å². The van der Waals surface area contributed by atoms with Crippen LogP contribution in [0.15, 0.2) is 24.3 Å². The van der Waals surface area contributed by atoms with E-state index in [-0.39, 0.29) is 47.8 Å². The number of rotatable bonds is 4. The maximum atomic E-state index is 10.9. The summed E-state index contributed by atoms with van der Waals surface area (Å²) in [6.07, 6.45) is 18.9. The SMILES string of the molecule is C=C1CCCC(C)(OC(C)=O)C1.C=C1CCCC(OC(C)=O)C1.CC(=O)OC1CC2C3CC(C)C(C3)C2C1.CC(=O)OC1CC2CCC1C2. The monoisotopic (exact) mass is 684 g/mol. The van der Waals surface area contributed by atoms with Gasteiger partial charge in [0.05, 0.1) is 0 Å². The summed E-state index contributed by atoms with van der Waals surface area (Å²) in [5.74, 6) is 5.58. The van der Waals surface area contributed by atoms with Gasteiger partial charge in [0.2, 0.25) is 0 Å². The fourth-order valence-corrected chi connectivity index (χ4v) is 10.5. The molecule has 0 amide bonds. The maximum absolute atomic E-state index is 10.9. The van der Waals surface area contributed by atoms with Gasteiger partial charge in [0.25, 0.3) is 0 Å². The highest BCUT2D eigenvalue weighted by Gasteiger charge is 2.55. The van der Waals surface area contributed by atoms with Crippen LogP contribution < -0.4 is 0 Å². The number of fused-ring (bicyclic) bond motifs is 7. The Labute approximate surface area is 295 Å². The molecule has 7 fully saturated rings. The first kappa shape index (κ1) is 39.2. The molecule has 0 aromatic carbocycles. The van der Waals surface area contributed by atoms with Gasteiger partial charge in [0, 0.05) is 40.5 Å². The van der Waals surface area contributed by atoms with E-state index in [2.05, 4.69) is 20.1 Å². The van der Waals surface area contributed by atoms with E-state index in [1.54, 1.807) is 0 Å². The molecule has 0 spiro atoms. The number of ether oxygens (including phenoxy) is 4. The molecule has 49 heavy (non-hydrogen) atoms. The van der Waals surface area contributed by atoms with E-state index < -0.39 is 0 Å². The molecule has 8 nitrogen and oxygen atoms in total. The van der Waals surface area contributed by atoms with Crippen molar-refractivity contribution in [1.29, 1.82) is 0 Å². The van der Waals surface area contributed by atoms with Crippen LogP contribution in [0.2, 0.25) is 0 Å². The van der Waals surface area contributed by atoms with Crippen LogP contribution in [0, 0.1) is 41.4 Å². The van der Waals surface area contributed by atoms with Crippen LogP contribution in [0.1, 0.15) is 144 Å². The molecule has 7 rings (SSSR count). The van der Waals surface area contributed by atoms with Crippen molar-refractivity contribution in [1.82, 2.24) is 0 Å². The Morgan fingerprint density at radius 1 is 0.653 bits per heavy atom. The lowest BCUT2D eigenvalue weighted by Gasteiger charge is -2.33. The number of hydrogen-bond acceptors (Lipinski definition) is 8. The second-order valence-corrected chi connectivity index (χ2v) is 16.6. The molecule has 0 radical (unpaired) electrons. The van der Waals surface area contributed by atoms with E-state index in [4.69, 9.17) is 18.9 Å². The van der Waals surface area contributed by atoms with Crippen LogP contribution in [-0.4, -0.2) is 47.8 Å². The topological polar surface area (TPSA) is 105 Å². The zero-order valence-corrected chi connectivity index (χ0v) is 31.3. The first-order valence-electron chi connectivity index (χ1n) is 19.1. The molecule has 276 valence electrons. The van der Waals surface area contributed by atoms with Crippen LogP contribution in [0.4, 0.5) is 0 Å². The van der Waals surface area contributed by atoms with E-state index in [0.717, 1.165) is 106 Å². The van der Waals surface area contributed by atoms with Crippen molar-refractivity contribution < 1.29 is 38.1 Å². The molecule has 0 aromatic rings. The Hall–Kier alpha value is -2.64. The summed E-state index contributed by atoms with van der Waals surface area (Å²) < 4.78 is 20.9. The standard InChI is InChI=1S/C13H20O2.C10H16O2.2C9H14O2/c1-7-3-9-4-11(7)13-6-10(5-12(9)13)15-8(2)14;1-8-5-4-6-10(3,7-8)12-9(2)11;1-6(10)11-9-5-7-2-3-8(9)4-7;1-7-4-3-5-9(6-7)11-8(2)10/h7,9-13H,3-6H2,1-2H3;1,4-7H2,2-3H3;7-9H,2-5H2,1H3;9H,1,3-6H2,2H3. The van der Waals surface area contributed by atoms with Gasteiger partial charge >= 0.3 is 23.9 Å². The molecule has 0 aromatic heterocycles. The van der Waals surface area contributed by atoms with Gasteiger partial charge in [0.15, 0.2) is 0 Å². The third-order valence-corrected chi connectivity index (χ3v) is 12.2. The average Bonchev–Trinajstić information content (AvgIpc) is 3.79. The van der Waals surface area contributed by atoms with Crippen molar-refractivity contribution in [3.05, 3.63) is 24.3 Å². The van der Waals surface area contributed by atoms with E-state index >= 15 is 0 Å². The molecule has 4 bridgehead atoms. The molecule has 11 unspecified atom stereocenters. The quantitative estimate of drug-likeness (QED) is 0.164. The molecule has 0 aliphatic heterocycles. The van der Waals surface area contributed by atoms with Gasteiger partial charge in [-0.25, -0.2) is 0 Å². The Kier molecular flexibility index (Phi) is 14.0. The molecule has 11 atom stereocenters. The van der Waals surface area contributed by atoms with Crippen LogP contribution in [0.5, 0.6) is 0 Å². The van der Waals surface area contributed by atoms with Gasteiger partial charge in [-0.2, -0.15) is 0 Å². The number of carbonyl (C=O) groups excluding carboxylic acids is 4. The first-order chi connectivity index (χ1) is 23.1. The summed E-state index contributed by atoms with van der Waals surface area (Å²) in [6, 6.07) is 0. The lowest BCUT2D eigenvalue weighted by atomic mass is 9.77. The van der Waals surface area contributed by atoms with E-state index in [1.807, 2.05) is 6.92 Å². The molecule has 7 aliphatic carbocycles. The van der Waals surface area contributed by atoms with Gasteiger partial charge in [-0.05, 0) is 138 Å². The normalized spacial score (nSPS) is 38.0. The fourth-order valence-electron chi connectivity index (χ4n) is 10.5. The zero-order valence-electron chi connectivity index (χ0n) is 31.3. The number of esters is 4. The molecule has 0 N–H and O–H groups in total. The van der Waals surface area contributed by atoms with Crippen molar-refractivity contribution in [2.24, 2.45) is 41.4 Å². The minimum Gasteiger partial charge on any atom is -0.463 e. The minimum atomic E-state index is -0.277. The van der Waals surface area contributed by atoms with Crippen LogP contribution in [0.3, 0.4) is 0 Å². The second kappa shape index (κ2) is 17.5. The van der Waals surface area contributed by atoms with Crippen LogP contribution in [-0.2, 0) is 38.1 Å². The molecule has 7 saturated carbocycles. The summed E-state index contributed by atoms with van der Waals surface area (Å²) in [7, 11) is 0. The number of hydrogen-bond donors (Lipinski definition) is 0. The summed E-state index contributed by atoms with van der Waals surface area (Å²) in [6.45, 7) is 18.1. The zero-order chi connectivity index (χ0) is 35.9. The number of carbonyl (C=O) groups is 4. The maximum Gasteiger partial charge on any atom is 0.303 e. The molecule has 0 heterocycles. The lowest BCUT2D eigenvalue weighted by molar-refractivity contribution is -0.157. The third kappa shape index (κ3) is 11.7. The highest BCUT2D eigenvalue weighted by molar-refractivity contribution is 5.67. The van der Waals surface area contributed by atoms with E-state index in [9.17, 15) is 19.2 Å². The summed E-state index contributed by atoms with van der Waals surface area (Å²) in [4.78, 5) is 42.9. The predicted octanol–water partition coefficient (Wildman–Crippen LogP) is 8.85. The second-order valence-electron chi connectivity index (χ2n) is 16.6. The highest BCUT2D eigenvalue weighted by Crippen LogP contribution is 2.61. The van der Waals surface area contributed by atoms with Crippen molar-refractivity contribution in [2.75, 3.05) is 0 Å².